The molecule has 2 aromatic carbocycles. The number of hydrogen-bond donors (Lipinski definition) is 0. The van der Waals surface area contributed by atoms with Gasteiger partial charge in [-0.25, -0.2) is 0 Å². The number of rotatable bonds is 6. The molecule has 0 N–H and O–H groups in total. The third-order valence-corrected chi connectivity index (χ3v) is 3.84. The second kappa shape index (κ2) is 9.04. The molecule has 2 rings (SSSR count). The molecule has 0 fully saturated rings. The summed E-state index contributed by atoms with van der Waals surface area (Å²) in [6, 6.07) is 12.7. The molecule has 0 aliphatic rings. The average Bonchev–Trinajstić information content (AvgIpc) is 2.60. The number of ether oxygens (including phenoxy) is 2. The van der Waals surface area contributed by atoms with E-state index in [1.165, 1.54) is 0 Å². The molecule has 0 aliphatic carbocycles. The first-order valence-corrected chi connectivity index (χ1v) is 8.25. The van der Waals surface area contributed by atoms with Crippen molar-refractivity contribution in [2.75, 3.05) is 13.2 Å². The average molecular weight is 372 g/mol. The molecule has 2 aromatic rings. The van der Waals surface area contributed by atoms with Gasteiger partial charge >= 0.3 is 0 Å². The van der Waals surface area contributed by atoms with Gasteiger partial charge in [-0.15, -0.1) is 6.42 Å². The Bertz CT molecular complexity index is 876. The molecule has 0 amide bonds. The fraction of sp³-hybridized carbons (Fsp3) is 0.150. The lowest BCUT2D eigenvalue weighted by molar-refractivity contribution is 0.299. The summed E-state index contributed by atoms with van der Waals surface area (Å²) >= 11 is 12.5. The van der Waals surface area contributed by atoms with Gasteiger partial charge in [-0.3, -0.25) is 0 Å². The first kappa shape index (κ1) is 18.7. The van der Waals surface area contributed by atoms with Gasteiger partial charge < -0.3 is 9.47 Å². The third-order valence-electron chi connectivity index (χ3n) is 3.23. The van der Waals surface area contributed by atoms with E-state index in [1.807, 2.05) is 19.1 Å². The predicted octanol–water partition coefficient (Wildman–Crippen LogP) is 5.47. The van der Waals surface area contributed by atoms with Gasteiger partial charge in [0, 0.05) is 10.6 Å². The third kappa shape index (κ3) is 4.70. The summed E-state index contributed by atoms with van der Waals surface area (Å²) < 4.78 is 11.0. The zero-order valence-corrected chi connectivity index (χ0v) is 15.1. The first-order chi connectivity index (χ1) is 12.1. The van der Waals surface area contributed by atoms with Crippen LogP contribution in [-0.4, -0.2) is 13.2 Å². The molecule has 3 nitrogen and oxygen atoms in total. The van der Waals surface area contributed by atoms with Gasteiger partial charge in [0.05, 0.1) is 23.3 Å². The molecule has 126 valence electrons. The predicted molar refractivity (Wildman–Crippen MR) is 102 cm³/mol. The van der Waals surface area contributed by atoms with Crippen molar-refractivity contribution in [3.05, 3.63) is 57.6 Å². The number of benzene rings is 2. The van der Waals surface area contributed by atoms with Crippen molar-refractivity contribution in [1.82, 2.24) is 0 Å². The van der Waals surface area contributed by atoms with Gasteiger partial charge in [0.15, 0.2) is 11.5 Å². The molecule has 5 heteroatoms. The van der Waals surface area contributed by atoms with Crippen molar-refractivity contribution >= 4 is 34.9 Å². The van der Waals surface area contributed by atoms with Gasteiger partial charge in [0.1, 0.15) is 6.61 Å². The van der Waals surface area contributed by atoms with Crippen LogP contribution >= 0.6 is 23.2 Å². The van der Waals surface area contributed by atoms with Crippen LogP contribution in [0.4, 0.5) is 0 Å². The molecular weight excluding hydrogens is 357 g/mol. The van der Waals surface area contributed by atoms with E-state index in [0.29, 0.717) is 44.9 Å². The molecule has 0 bridgehead atoms. The summed E-state index contributed by atoms with van der Waals surface area (Å²) in [5, 5.41) is 10.3. The maximum atomic E-state index is 9.49. The van der Waals surface area contributed by atoms with E-state index in [-0.39, 0.29) is 6.61 Å². The van der Waals surface area contributed by atoms with Crippen molar-refractivity contribution in [1.29, 1.82) is 5.26 Å². The second-order valence-corrected chi connectivity index (χ2v) is 5.72. The molecule has 0 radical (unpaired) electrons. The van der Waals surface area contributed by atoms with Crippen molar-refractivity contribution in [3.63, 3.8) is 0 Å². The Hall–Kier alpha value is -2.59. The fourth-order valence-corrected chi connectivity index (χ4v) is 2.72. The molecule has 0 heterocycles. The van der Waals surface area contributed by atoms with Crippen LogP contribution in [0.2, 0.25) is 10.0 Å². The number of allylic oxidation sites excluding steroid dienone is 1. The fourth-order valence-electron chi connectivity index (χ4n) is 2.20. The highest BCUT2D eigenvalue weighted by atomic mass is 35.5. The maximum Gasteiger partial charge on any atom is 0.181 e. The Morgan fingerprint density at radius 2 is 1.96 bits per heavy atom. The van der Waals surface area contributed by atoms with Crippen LogP contribution in [0.15, 0.2) is 36.4 Å². The van der Waals surface area contributed by atoms with Crippen LogP contribution in [0.5, 0.6) is 11.5 Å². The molecule has 0 saturated carbocycles. The zero-order valence-electron chi connectivity index (χ0n) is 13.6. The SMILES string of the molecule is C#CCOc1c(Cl)cc(C=C(C#N)c2ccccc2Cl)cc1OCC. The van der Waals surface area contributed by atoms with Crippen LogP contribution in [0, 0.1) is 23.7 Å². The normalized spacial score (nSPS) is 10.7. The quantitative estimate of drug-likeness (QED) is 0.384. The van der Waals surface area contributed by atoms with Gasteiger partial charge in [-0.1, -0.05) is 47.3 Å². The van der Waals surface area contributed by atoms with Crippen molar-refractivity contribution in [2.24, 2.45) is 0 Å². The van der Waals surface area contributed by atoms with Crippen LogP contribution in [0.25, 0.3) is 11.6 Å². The molecular formula is C20H15Cl2NO2. The lowest BCUT2D eigenvalue weighted by Crippen LogP contribution is -2.00. The highest BCUT2D eigenvalue weighted by molar-refractivity contribution is 6.33. The van der Waals surface area contributed by atoms with Crippen molar-refractivity contribution < 1.29 is 9.47 Å². The van der Waals surface area contributed by atoms with Crippen LogP contribution in [0.3, 0.4) is 0 Å². The summed E-state index contributed by atoms with van der Waals surface area (Å²) in [6.45, 7) is 2.37. The minimum Gasteiger partial charge on any atom is -0.490 e. The molecule has 0 saturated heterocycles. The van der Waals surface area contributed by atoms with Gasteiger partial charge in [-0.2, -0.15) is 5.26 Å². The van der Waals surface area contributed by atoms with E-state index in [4.69, 9.17) is 39.1 Å². The lowest BCUT2D eigenvalue weighted by Gasteiger charge is -2.13. The zero-order chi connectivity index (χ0) is 18.2. The van der Waals surface area contributed by atoms with E-state index in [2.05, 4.69) is 12.0 Å². The molecule has 25 heavy (non-hydrogen) atoms. The number of nitrogens with zero attached hydrogens (tertiary/aromatic N) is 1. The molecule has 0 unspecified atom stereocenters. The second-order valence-electron chi connectivity index (χ2n) is 4.91. The molecule has 0 spiro atoms. The Labute approximate surface area is 157 Å². The van der Waals surface area contributed by atoms with Crippen LogP contribution in [0.1, 0.15) is 18.1 Å². The van der Waals surface area contributed by atoms with Gasteiger partial charge in [0.2, 0.25) is 0 Å². The van der Waals surface area contributed by atoms with Crippen molar-refractivity contribution in [2.45, 2.75) is 6.92 Å². The van der Waals surface area contributed by atoms with Crippen molar-refractivity contribution in [3.8, 4) is 29.9 Å². The number of hydrogen-bond acceptors (Lipinski definition) is 3. The first-order valence-electron chi connectivity index (χ1n) is 7.50. The number of halogens is 2. The Kier molecular flexibility index (Phi) is 6.78. The maximum absolute atomic E-state index is 9.49. The smallest absolute Gasteiger partial charge is 0.181 e. The lowest BCUT2D eigenvalue weighted by atomic mass is 10.0. The minimum absolute atomic E-state index is 0.0814. The van der Waals surface area contributed by atoms with Gasteiger partial charge in [-0.05, 0) is 36.8 Å². The minimum atomic E-state index is 0.0814. The molecule has 0 aliphatic heterocycles. The highest BCUT2D eigenvalue weighted by Gasteiger charge is 2.13. The Morgan fingerprint density at radius 1 is 1.20 bits per heavy atom. The summed E-state index contributed by atoms with van der Waals surface area (Å²) in [5.74, 6) is 3.24. The van der Waals surface area contributed by atoms with E-state index >= 15 is 0 Å². The van der Waals surface area contributed by atoms with E-state index in [1.54, 1.807) is 30.3 Å². The summed E-state index contributed by atoms with van der Waals surface area (Å²) in [7, 11) is 0. The largest absolute Gasteiger partial charge is 0.490 e. The van der Waals surface area contributed by atoms with E-state index < -0.39 is 0 Å². The molecule has 0 aromatic heterocycles. The topological polar surface area (TPSA) is 42.2 Å². The molecule has 0 atom stereocenters. The van der Waals surface area contributed by atoms with E-state index in [0.717, 1.165) is 0 Å². The van der Waals surface area contributed by atoms with E-state index in [9.17, 15) is 5.26 Å². The summed E-state index contributed by atoms with van der Waals surface area (Å²) in [5.41, 5.74) is 1.76. The van der Waals surface area contributed by atoms with Crippen LogP contribution < -0.4 is 9.47 Å². The number of terminal acetylenes is 1. The summed E-state index contributed by atoms with van der Waals surface area (Å²) in [6.07, 6.45) is 6.92. The monoisotopic (exact) mass is 371 g/mol. The Balaban J connectivity index is 2.50. The highest BCUT2D eigenvalue weighted by Crippen LogP contribution is 2.38. The van der Waals surface area contributed by atoms with Gasteiger partial charge in [0.25, 0.3) is 0 Å². The van der Waals surface area contributed by atoms with Crippen LogP contribution in [-0.2, 0) is 0 Å². The standard InChI is InChI=1S/C20H15Cl2NO2/c1-3-9-25-20-18(22)11-14(12-19(20)24-4-2)10-15(13-23)16-7-5-6-8-17(16)21/h1,5-8,10-12H,4,9H2,2H3. The summed E-state index contributed by atoms with van der Waals surface area (Å²) in [4.78, 5) is 0. The Morgan fingerprint density at radius 3 is 2.60 bits per heavy atom. The number of nitriles is 1.